The summed E-state index contributed by atoms with van der Waals surface area (Å²) < 4.78 is 10.7. The second kappa shape index (κ2) is 5.96. The Morgan fingerprint density at radius 2 is 2.20 bits per heavy atom. The van der Waals surface area contributed by atoms with Crippen molar-refractivity contribution in [2.75, 3.05) is 13.7 Å². The highest BCUT2D eigenvalue weighted by atomic mass is 35.5. The summed E-state index contributed by atoms with van der Waals surface area (Å²) in [5, 5.41) is 4.03. The van der Waals surface area contributed by atoms with Crippen LogP contribution in [0, 0.1) is 0 Å². The fourth-order valence-electron chi connectivity index (χ4n) is 1.82. The largest absolute Gasteiger partial charge is 0.491 e. The quantitative estimate of drug-likeness (QED) is 0.633. The van der Waals surface area contributed by atoms with Gasteiger partial charge in [-0.2, -0.15) is 0 Å². The van der Waals surface area contributed by atoms with Crippen molar-refractivity contribution in [2.45, 2.75) is 13.8 Å². The summed E-state index contributed by atoms with van der Waals surface area (Å²) in [6, 6.07) is 3.44. The summed E-state index contributed by atoms with van der Waals surface area (Å²) in [7, 11) is 1.52. The molecule has 1 aliphatic rings. The summed E-state index contributed by atoms with van der Waals surface area (Å²) >= 11 is 6.15. The van der Waals surface area contributed by atoms with E-state index in [0.717, 1.165) is 0 Å². The number of methoxy groups -OCH3 is 1. The average molecular weight is 296 g/mol. The Bertz CT molecular complexity index is 607. The lowest BCUT2D eigenvalue weighted by Gasteiger charge is -2.12. The highest BCUT2D eigenvalue weighted by molar-refractivity contribution is 6.32. The van der Waals surface area contributed by atoms with E-state index in [-0.39, 0.29) is 0 Å². The molecule has 0 bridgehead atoms. The number of hydrogen-bond donors (Lipinski definition) is 0. The third-order valence-electron chi connectivity index (χ3n) is 2.72. The van der Waals surface area contributed by atoms with Gasteiger partial charge in [0.1, 0.15) is 0 Å². The zero-order valence-electron chi connectivity index (χ0n) is 11.4. The molecule has 106 valence electrons. The maximum absolute atomic E-state index is 11.5. The number of hydrogen-bond acceptors (Lipinski definition) is 5. The summed E-state index contributed by atoms with van der Waals surface area (Å²) in [6.07, 6.45) is 1.65. The lowest BCUT2D eigenvalue weighted by Crippen LogP contribution is -2.02. The molecule has 0 spiro atoms. The second-order valence-corrected chi connectivity index (χ2v) is 4.49. The molecular formula is C14H14ClNO4. The van der Waals surface area contributed by atoms with E-state index >= 15 is 0 Å². The van der Waals surface area contributed by atoms with E-state index in [1.54, 1.807) is 25.1 Å². The van der Waals surface area contributed by atoms with Crippen LogP contribution in [0.4, 0.5) is 0 Å². The van der Waals surface area contributed by atoms with E-state index in [1.807, 2.05) is 6.92 Å². The molecule has 0 unspecified atom stereocenters. The van der Waals surface area contributed by atoms with Crippen LogP contribution in [0.2, 0.25) is 5.02 Å². The van der Waals surface area contributed by atoms with Gasteiger partial charge in [-0.15, -0.1) is 0 Å². The first-order chi connectivity index (χ1) is 9.56. The van der Waals surface area contributed by atoms with Crippen molar-refractivity contribution >= 4 is 29.4 Å². The summed E-state index contributed by atoms with van der Waals surface area (Å²) in [6.45, 7) is 4.05. The maximum Gasteiger partial charge on any atom is 0.367 e. The van der Waals surface area contributed by atoms with E-state index in [1.165, 1.54) is 7.11 Å². The SMILES string of the molecule is CCOc1cc(/C=C2\C(=O)ON=C2C)cc(Cl)c1OC. The number of benzene rings is 1. The number of rotatable bonds is 4. The minimum atomic E-state index is -0.479. The fourth-order valence-corrected chi connectivity index (χ4v) is 2.11. The number of ether oxygens (including phenoxy) is 2. The smallest absolute Gasteiger partial charge is 0.367 e. The number of halogens is 1. The van der Waals surface area contributed by atoms with Crippen LogP contribution in [0.1, 0.15) is 19.4 Å². The lowest BCUT2D eigenvalue weighted by molar-refractivity contribution is -0.136. The predicted octanol–water partition coefficient (Wildman–Crippen LogP) is 3.06. The van der Waals surface area contributed by atoms with E-state index in [9.17, 15) is 4.79 Å². The normalized spacial score (nSPS) is 16.1. The van der Waals surface area contributed by atoms with Crippen LogP contribution in [-0.2, 0) is 9.63 Å². The van der Waals surface area contributed by atoms with Crippen LogP contribution in [0.5, 0.6) is 11.5 Å². The van der Waals surface area contributed by atoms with E-state index < -0.39 is 5.97 Å². The molecule has 0 atom stereocenters. The molecule has 1 aliphatic heterocycles. The highest BCUT2D eigenvalue weighted by Gasteiger charge is 2.22. The molecule has 0 amide bonds. The van der Waals surface area contributed by atoms with Gasteiger partial charge in [0.25, 0.3) is 0 Å². The van der Waals surface area contributed by atoms with E-state index in [0.29, 0.717) is 40.0 Å². The number of oxime groups is 1. The van der Waals surface area contributed by atoms with Crippen molar-refractivity contribution in [3.05, 3.63) is 28.3 Å². The summed E-state index contributed by atoms with van der Waals surface area (Å²) in [5.74, 6) is 0.512. The Morgan fingerprint density at radius 3 is 2.75 bits per heavy atom. The van der Waals surface area contributed by atoms with Crippen molar-refractivity contribution in [1.82, 2.24) is 0 Å². The van der Waals surface area contributed by atoms with Crippen LogP contribution in [-0.4, -0.2) is 25.4 Å². The van der Waals surface area contributed by atoms with Gasteiger partial charge in [-0.05, 0) is 37.6 Å². The Morgan fingerprint density at radius 1 is 1.45 bits per heavy atom. The van der Waals surface area contributed by atoms with Gasteiger partial charge in [-0.1, -0.05) is 16.8 Å². The van der Waals surface area contributed by atoms with Crippen molar-refractivity contribution in [2.24, 2.45) is 5.16 Å². The molecule has 20 heavy (non-hydrogen) atoms. The van der Waals surface area contributed by atoms with Crippen LogP contribution >= 0.6 is 11.6 Å². The zero-order valence-corrected chi connectivity index (χ0v) is 12.2. The molecule has 6 heteroatoms. The molecule has 0 aliphatic carbocycles. The highest BCUT2D eigenvalue weighted by Crippen LogP contribution is 2.37. The monoisotopic (exact) mass is 295 g/mol. The molecule has 0 saturated heterocycles. The summed E-state index contributed by atoms with van der Waals surface area (Å²) in [5.41, 5.74) is 1.64. The van der Waals surface area contributed by atoms with E-state index in [4.69, 9.17) is 21.1 Å². The van der Waals surface area contributed by atoms with Crippen LogP contribution in [0.25, 0.3) is 6.08 Å². The molecule has 0 radical (unpaired) electrons. The van der Waals surface area contributed by atoms with Crippen molar-refractivity contribution in [3.63, 3.8) is 0 Å². The molecule has 1 aromatic carbocycles. The molecule has 1 aromatic rings. The first-order valence-electron chi connectivity index (χ1n) is 6.05. The Hall–Kier alpha value is -2.01. The molecule has 0 N–H and O–H groups in total. The van der Waals surface area contributed by atoms with Gasteiger partial charge in [-0.3, -0.25) is 0 Å². The van der Waals surface area contributed by atoms with Gasteiger partial charge >= 0.3 is 5.97 Å². The maximum atomic E-state index is 11.5. The van der Waals surface area contributed by atoms with Crippen LogP contribution in [0.3, 0.4) is 0 Å². The first kappa shape index (κ1) is 14.4. The molecule has 1 heterocycles. The average Bonchev–Trinajstić information content (AvgIpc) is 2.71. The number of nitrogens with zero attached hydrogens (tertiary/aromatic N) is 1. The Kier molecular flexibility index (Phi) is 4.29. The topological polar surface area (TPSA) is 57.1 Å². The third-order valence-corrected chi connectivity index (χ3v) is 3.00. The van der Waals surface area contributed by atoms with Crippen molar-refractivity contribution < 1.29 is 19.1 Å². The predicted molar refractivity (Wildman–Crippen MR) is 76.4 cm³/mol. The summed E-state index contributed by atoms with van der Waals surface area (Å²) in [4.78, 5) is 16.1. The second-order valence-electron chi connectivity index (χ2n) is 4.08. The van der Waals surface area contributed by atoms with Gasteiger partial charge in [-0.25, -0.2) is 4.79 Å². The van der Waals surface area contributed by atoms with Crippen molar-refractivity contribution in [3.8, 4) is 11.5 Å². The van der Waals surface area contributed by atoms with Gasteiger partial charge in [0.15, 0.2) is 11.5 Å². The van der Waals surface area contributed by atoms with Crippen LogP contribution in [0.15, 0.2) is 22.9 Å². The zero-order chi connectivity index (χ0) is 14.7. The fraction of sp³-hybridized carbons (Fsp3) is 0.286. The minimum absolute atomic E-state index is 0.397. The lowest BCUT2D eigenvalue weighted by atomic mass is 10.1. The molecule has 2 rings (SSSR count). The molecule has 0 fully saturated rings. The first-order valence-corrected chi connectivity index (χ1v) is 6.43. The van der Waals surface area contributed by atoms with Gasteiger partial charge < -0.3 is 14.3 Å². The minimum Gasteiger partial charge on any atom is -0.491 e. The van der Waals surface area contributed by atoms with Crippen LogP contribution < -0.4 is 9.47 Å². The number of carbonyl (C=O) groups excluding carboxylic acids is 1. The molecule has 0 aromatic heterocycles. The van der Waals surface area contributed by atoms with Gasteiger partial charge in [0.05, 0.1) is 30.0 Å². The Labute approximate surface area is 121 Å². The van der Waals surface area contributed by atoms with E-state index in [2.05, 4.69) is 9.99 Å². The van der Waals surface area contributed by atoms with Gasteiger partial charge in [0.2, 0.25) is 0 Å². The Balaban J connectivity index is 2.45. The molecule has 0 saturated carbocycles. The molecule has 5 nitrogen and oxygen atoms in total. The molecular weight excluding hydrogens is 282 g/mol. The van der Waals surface area contributed by atoms with Crippen molar-refractivity contribution in [1.29, 1.82) is 0 Å². The standard InChI is InChI=1S/C14H14ClNO4/c1-4-19-12-7-9(6-11(15)13(12)18-3)5-10-8(2)16-20-14(10)17/h5-7H,4H2,1-3H3/b10-5-. The van der Waals surface area contributed by atoms with Gasteiger partial charge in [0, 0.05) is 0 Å². The number of carbonyl (C=O) groups is 1. The third kappa shape index (κ3) is 2.77.